The van der Waals surface area contributed by atoms with E-state index < -0.39 is 35.6 Å². The van der Waals surface area contributed by atoms with E-state index in [0.29, 0.717) is 16.7 Å². The Labute approximate surface area is 200 Å². The minimum atomic E-state index is -3.78. The van der Waals surface area contributed by atoms with E-state index in [2.05, 4.69) is 5.32 Å². The Kier molecular flexibility index (Phi) is 6.56. The first kappa shape index (κ1) is 24.3. The lowest BCUT2D eigenvalue weighted by molar-refractivity contribution is -0.144. The molecule has 1 saturated heterocycles. The van der Waals surface area contributed by atoms with Crippen molar-refractivity contribution in [3.8, 4) is 11.5 Å². The molecule has 0 spiro atoms. The average molecular weight is 486 g/mol. The van der Waals surface area contributed by atoms with Crippen LogP contribution in [0.3, 0.4) is 0 Å². The summed E-state index contributed by atoms with van der Waals surface area (Å²) in [5.41, 5.74) is 1.11. The minimum Gasteiger partial charge on any atom is -0.497 e. The fourth-order valence-electron chi connectivity index (χ4n) is 4.41. The van der Waals surface area contributed by atoms with E-state index in [-0.39, 0.29) is 49.1 Å². The lowest BCUT2D eigenvalue weighted by Crippen LogP contribution is -2.52. The maximum atomic E-state index is 15.0. The predicted octanol–water partition coefficient (Wildman–Crippen LogP) is 2.76. The summed E-state index contributed by atoms with van der Waals surface area (Å²) in [4.78, 5) is 50.3. The molecular weight excluding hydrogens is 462 g/mol. The topological polar surface area (TPSA) is 102 Å². The number of aryl methyl sites for hydroxylation is 1. The van der Waals surface area contributed by atoms with Gasteiger partial charge in [-0.3, -0.25) is 24.5 Å². The number of methoxy groups -OCH3 is 2. The van der Waals surface area contributed by atoms with Crippen LogP contribution >= 0.6 is 0 Å². The highest BCUT2D eigenvalue weighted by atomic mass is 19.3. The van der Waals surface area contributed by atoms with Gasteiger partial charge in [-0.2, -0.15) is 8.78 Å². The first-order valence-electron chi connectivity index (χ1n) is 11.1. The van der Waals surface area contributed by atoms with Crippen LogP contribution in [-0.2, 0) is 33.3 Å². The molecule has 1 fully saturated rings. The lowest BCUT2D eigenvalue weighted by Gasteiger charge is -2.29. The van der Waals surface area contributed by atoms with Crippen molar-refractivity contribution in [3.05, 3.63) is 58.7 Å². The van der Waals surface area contributed by atoms with E-state index in [4.69, 9.17) is 9.47 Å². The number of carbonyl (C=O) groups is 4. The molecule has 0 aromatic heterocycles. The van der Waals surface area contributed by atoms with E-state index in [1.54, 1.807) is 18.2 Å². The molecule has 4 rings (SSSR count). The van der Waals surface area contributed by atoms with Crippen LogP contribution in [-0.4, -0.2) is 48.7 Å². The number of halogens is 2. The number of carbonyl (C=O) groups excluding carboxylic acids is 4. The van der Waals surface area contributed by atoms with Gasteiger partial charge in [0.05, 0.1) is 19.8 Å². The molecule has 2 aliphatic heterocycles. The second-order valence-corrected chi connectivity index (χ2v) is 8.46. The summed E-state index contributed by atoms with van der Waals surface area (Å²) < 4.78 is 40.0. The van der Waals surface area contributed by atoms with Gasteiger partial charge in [0.15, 0.2) is 0 Å². The van der Waals surface area contributed by atoms with Crippen molar-refractivity contribution in [1.29, 1.82) is 0 Å². The van der Waals surface area contributed by atoms with Crippen molar-refractivity contribution < 1.29 is 37.4 Å². The van der Waals surface area contributed by atoms with Crippen LogP contribution in [0, 0.1) is 0 Å². The summed E-state index contributed by atoms with van der Waals surface area (Å²) in [6, 6.07) is 8.01. The predicted molar refractivity (Wildman–Crippen MR) is 119 cm³/mol. The van der Waals surface area contributed by atoms with Crippen LogP contribution in [0.2, 0.25) is 0 Å². The third-order valence-electron chi connectivity index (χ3n) is 6.32. The summed E-state index contributed by atoms with van der Waals surface area (Å²) in [5, 5.41) is 2.24. The van der Waals surface area contributed by atoms with Gasteiger partial charge in [-0.05, 0) is 48.2 Å². The molecule has 1 N–H and O–H groups in total. The van der Waals surface area contributed by atoms with E-state index in [9.17, 15) is 19.2 Å². The van der Waals surface area contributed by atoms with Gasteiger partial charge in [0.25, 0.3) is 5.91 Å². The Bertz CT molecular complexity index is 1210. The summed E-state index contributed by atoms with van der Waals surface area (Å²) >= 11 is 0. The van der Waals surface area contributed by atoms with Gasteiger partial charge < -0.3 is 14.4 Å². The Morgan fingerprint density at radius 2 is 1.89 bits per heavy atom. The number of piperidine rings is 1. The number of ketones is 1. The van der Waals surface area contributed by atoms with Gasteiger partial charge >= 0.3 is 5.92 Å². The normalized spacial score (nSPS) is 17.8. The summed E-state index contributed by atoms with van der Waals surface area (Å²) in [6.45, 7) is 0.166. The van der Waals surface area contributed by atoms with Gasteiger partial charge in [0.2, 0.25) is 17.6 Å². The lowest BCUT2D eigenvalue weighted by atomic mass is 9.96. The zero-order valence-corrected chi connectivity index (χ0v) is 19.2. The molecule has 184 valence electrons. The largest absolute Gasteiger partial charge is 0.497 e. The molecule has 3 amide bonds. The van der Waals surface area contributed by atoms with E-state index in [1.807, 2.05) is 0 Å². The maximum Gasteiger partial charge on any atom is 0.334 e. The Morgan fingerprint density at radius 3 is 2.57 bits per heavy atom. The number of fused-ring (bicyclic) bond motifs is 1. The molecule has 1 atom stereocenters. The van der Waals surface area contributed by atoms with Crippen LogP contribution in [0.25, 0.3) is 0 Å². The second-order valence-electron chi connectivity index (χ2n) is 8.46. The van der Waals surface area contributed by atoms with Gasteiger partial charge in [-0.1, -0.05) is 12.1 Å². The zero-order chi connectivity index (χ0) is 25.3. The fourth-order valence-corrected chi connectivity index (χ4v) is 4.41. The van der Waals surface area contributed by atoms with Crippen molar-refractivity contribution in [1.82, 2.24) is 10.2 Å². The van der Waals surface area contributed by atoms with Crippen LogP contribution in [0.5, 0.6) is 11.5 Å². The van der Waals surface area contributed by atoms with Gasteiger partial charge in [0, 0.05) is 24.9 Å². The molecule has 1 unspecified atom stereocenters. The number of imide groups is 1. The van der Waals surface area contributed by atoms with Gasteiger partial charge in [-0.25, -0.2) is 0 Å². The second kappa shape index (κ2) is 9.44. The molecular formula is C25H24F2N2O6. The summed E-state index contributed by atoms with van der Waals surface area (Å²) in [6.07, 6.45) is 0.00228. The smallest absolute Gasteiger partial charge is 0.334 e. The monoisotopic (exact) mass is 486 g/mol. The number of hydrogen-bond donors (Lipinski definition) is 1. The molecule has 2 aromatic carbocycles. The third-order valence-corrected chi connectivity index (χ3v) is 6.32. The molecule has 0 radical (unpaired) electrons. The highest BCUT2D eigenvalue weighted by molar-refractivity contribution is 6.05. The Balaban J connectivity index is 1.46. The number of rotatable bonds is 8. The van der Waals surface area contributed by atoms with Crippen molar-refractivity contribution in [2.45, 2.75) is 44.2 Å². The minimum absolute atomic E-state index is 0.0423. The Hall–Kier alpha value is -3.82. The van der Waals surface area contributed by atoms with E-state index >= 15 is 8.78 Å². The van der Waals surface area contributed by atoms with Crippen LogP contribution in [0.15, 0.2) is 36.4 Å². The number of alkyl halides is 2. The number of hydrogen-bond acceptors (Lipinski definition) is 6. The quantitative estimate of drug-likeness (QED) is 0.576. The molecule has 10 heteroatoms. The van der Waals surface area contributed by atoms with Crippen molar-refractivity contribution >= 4 is 23.5 Å². The Morgan fingerprint density at radius 1 is 1.11 bits per heavy atom. The highest BCUT2D eigenvalue weighted by Gasteiger charge is 2.43. The zero-order valence-electron chi connectivity index (χ0n) is 19.2. The number of Topliss-reactive ketones (excluding diaryl/α,β-unsaturated/α-hetero) is 1. The first-order valence-corrected chi connectivity index (χ1v) is 11.1. The van der Waals surface area contributed by atoms with Crippen LogP contribution < -0.4 is 14.8 Å². The average Bonchev–Trinajstić information content (AvgIpc) is 3.17. The highest BCUT2D eigenvalue weighted by Crippen LogP contribution is 2.39. The van der Waals surface area contributed by atoms with E-state index in [1.165, 1.54) is 31.3 Å². The number of nitrogens with one attached hydrogen (secondary N) is 1. The molecule has 35 heavy (non-hydrogen) atoms. The third kappa shape index (κ3) is 4.60. The molecule has 2 aromatic rings. The van der Waals surface area contributed by atoms with Crippen molar-refractivity contribution in [2.75, 3.05) is 14.2 Å². The molecule has 0 saturated carbocycles. The number of amides is 3. The maximum absolute atomic E-state index is 15.0. The number of benzene rings is 2. The molecule has 0 aliphatic carbocycles. The summed E-state index contributed by atoms with van der Waals surface area (Å²) in [5.74, 6) is -6.20. The fraction of sp³-hybridized carbons (Fsp3) is 0.360. The summed E-state index contributed by atoms with van der Waals surface area (Å²) in [7, 11) is 2.58. The first-order chi connectivity index (χ1) is 16.6. The number of nitrogens with zero attached hydrogens (tertiary/aromatic N) is 1. The molecule has 2 heterocycles. The molecule has 2 aliphatic rings. The van der Waals surface area contributed by atoms with Crippen molar-refractivity contribution in [3.63, 3.8) is 0 Å². The van der Waals surface area contributed by atoms with Gasteiger partial charge in [-0.15, -0.1) is 0 Å². The molecule has 8 nitrogen and oxygen atoms in total. The standard InChI is InChI=1S/C25H24F2N2O6/c1-34-16-5-8-20(35-2)18(12-16)25(26,27)21(30)9-4-14-3-6-17-15(11-14)13-29(24(17)33)19-7-10-22(31)28-23(19)32/h3,5-6,8,11-12,19H,4,7,9-10,13H2,1-2H3,(H,28,31,32). The van der Waals surface area contributed by atoms with Crippen LogP contribution in [0.1, 0.15) is 46.3 Å². The van der Waals surface area contributed by atoms with Crippen LogP contribution in [0.4, 0.5) is 8.78 Å². The number of ether oxygens (including phenoxy) is 2. The van der Waals surface area contributed by atoms with Gasteiger partial charge in [0.1, 0.15) is 17.5 Å². The van der Waals surface area contributed by atoms with Crippen molar-refractivity contribution in [2.24, 2.45) is 0 Å². The SMILES string of the molecule is COc1ccc(OC)c(C(F)(F)C(=O)CCc2ccc3c(c2)CN(C2CCC(=O)NC2=O)C3=O)c1. The van der Waals surface area contributed by atoms with E-state index in [0.717, 1.165) is 6.07 Å². The molecule has 0 bridgehead atoms.